The van der Waals surface area contributed by atoms with Gasteiger partial charge in [-0.15, -0.1) is 5.10 Å². The van der Waals surface area contributed by atoms with Crippen molar-refractivity contribution in [3.63, 3.8) is 0 Å². The second-order valence-corrected chi connectivity index (χ2v) is 16.8. The third-order valence-electron chi connectivity index (χ3n) is 10.2. The summed E-state index contributed by atoms with van der Waals surface area (Å²) in [5.41, 5.74) is 3.78. The summed E-state index contributed by atoms with van der Waals surface area (Å²) in [7, 11) is 4.92. The number of imidazole rings is 1. The first kappa shape index (κ1) is 47.4. The third kappa shape index (κ3) is 13.2. The predicted molar refractivity (Wildman–Crippen MR) is 247 cm³/mol. The van der Waals surface area contributed by atoms with Gasteiger partial charge >= 0.3 is 12.1 Å². The van der Waals surface area contributed by atoms with E-state index >= 15 is 0 Å². The lowest BCUT2D eigenvalue weighted by Gasteiger charge is -2.26. The zero-order chi connectivity index (χ0) is 45.6. The van der Waals surface area contributed by atoms with Crippen LogP contribution in [0.2, 0.25) is 5.02 Å². The number of ether oxygens (including phenoxy) is 6. The molecule has 14 nitrogen and oxygen atoms in total. The summed E-state index contributed by atoms with van der Waals surface area (Å²) in [6.07, 6.45) is 1.91. The summed E-state index contributed by atoms with van der Waals surface area (Å²) in [5.74, 6) is 2.40. The van der Waals surface area contributed by atoms with Gasteiger partial charge < -0.3 is 43.3 Å². The van der Waals surface area contributed by atoms with Crippen molar-refractivity contribution in [3.05, 3.63) is 136 Å². The van der Waals surface area contributed by atoms with Gasteiger partial charge in [0.1, 0.15) is 41.7 Å². The topological polar surface area (TPSA) is 142 Å². The van der Waals surface area contributed by atoms with Gasteiger partial charge in [-0.05, 0) is 85.8 Å². The van der Waals surface area contributed by atoms with Crippen LogP contribution in [0, 0.1) is 0 Å². The second kappa shape index (κ2) is 22.5. The summed E-state index contributed by atoms with van der Waals surface area (Å²) < 4.78 is 36.6. The van der Waals surface area contributed by atoms with E-state index in [2.05, 4.69) is 11.8 Å². The van der Waals surface area contributed by atoms with E-state index in [1.807, 2.05) is 99.6 Å². The quantitative estimate of drug-likeness (QED) is 0.0649. The molecule has 1 amide bonds. The van der Waals surface area contributed by atoms with E-state index in [4.69, 9.17) is 55.1 Å². The molecule has 4 aromatic carbocycles. The van der Waals surface area contributed by atoms with Crippen LogP contribution in [0.25, 0.3) is 5.65 Å². The maximum atomic E-state index is 12.4. The van der Waals surface area contributed by atoms with Gasteiger partial charge in [-0.1, -0.05) is 85.6 Å². The number of amides is 1. The number of rotatable bonds is 22. The Morgan fingerprint density at radius 3 is 2.11 bits per heavy atom. The molecule has 2 heterocycles. The van der Waals surface area contributed by atoms with Gasteiger partial charge in [0.15, 0.2) is 11.5 Å². The van der Waals surface area contributed by atoms with Crippen LogP contribution in [0.4, 0.5) is 10.6 Å². The monoisotopic (exact) mass is 894 g/mol. The minimum Gasteiger partial charge on any atom is -0.497 e. The fourth-order valence-corrected chi connectivity index (χ4v) is 7.08. The van der Waals surface area contributed by atoms with E-state index in [1.54, 1.807) is 50.2 Å². The fraction of sp³-hybridized carbons (Fsp3) is 0.388. The fourth-order valence-electron chi connectivity index (χ4n) is 6.83. The highest BCUT2D eigenvalue weighted by Gasteiger charge is 2.26. The lowest BCUT2D eigenvalue weighted by Crippen LogP contribution is -2.36. The maximum Gasteiger partial charge on any atom is 0.410 e. The van der Waals surface area contributed by atoms with Crippen molar-refractivity contribution in [3.8, 4) is 23.3 Å². The molecule has 0 aliphatic carbocycles. The number of aliphatic hydroxyl groups excluding tert-OH is 1. The normalized spacial score (nSPS) is 12.4. The summed E-state index contributed by atoms with van der Waals surface area (Å²) in [6.45, 7) is 9.87. The number of nitrogens with zero attached hydrogens (tertiary/aromatic N) is 6. The summed E-state index contributed by atoms with van der Waals surface area (Å²) >= 11 is 6.73. The van der Waals surface area contributed by atoms with Crippen LogP contribution in [-0.2, 0) is 29.2 Å². The highest BCUT2D eigenvalue weighted by Crippen LogP contribution is 2.33. The lowest BCUT2D eigenvalue weighted by atomic mass is 10.1. The van der Waals surface area contributed by atoms with Crippen LogP contribution in [0.1, 0.15) is 81.0 Å². The van der Waals surface area contributed by atoms with Gasteiger partial charge in [-0.3, -0.25) is 0 Å². The number of aliphatic hydroxyl groups is 1. The lowest BCUT2D eigenvalue weighted by molar-refractivity contribution is 0.0278. The van der Waals surface area contributed by atoms with Crippen molar-refractivity contribution >= 4 is 29.2 Å². The summed E-state index contributed by atoms with van der Waals surface area (Å²) in [4.78, 5) is 25.9. The van der Waals surface area contributed by atoms with E-state index < -0.39 is 17.8 Å². The molecule has 340 valence electrons. The minimum atomic E-state index is -1.20. The third-order valence-corrected chi connectivity index (χ3v) is 10.5. The number of anilines is 1. The molecular weight excluding hydrogens is 836 g/mol. The molecule has 0 spiro atoms. The van der Waals surface area contributed by atoms with Gasteiger partial charge in [0.2, 0.25) is 0 Å². The van der Waals surface area contributed by atoms with Gasteiger partial charge in [0.05, 0.1) is 50.9 Å². The number of carbonyl (C=O) groups is 1. The highest BCUT2D eigenvalue weighted by atomic mass is 35.5. The average Bonchev–Trinajstić information content (AvgIpc) is 3.72. The largest absolute Gasteiger partial charge is 0.497 e. The van der Waals surface area contributed by atoms with E-state index in [9.17, 15) is 9.90 Å². The molecule has 0 aliphatic heterocycles. The molecule has 6 rings (SSSR count). The zero-order valence-electron chi connectivity index (χ0n) is 37.7. The second-order valence-electron chi connectivity index (χ2n) is 16.4. The first-order chi connectivity index (χ1) is 30.8. The molecule has 15 heteroatoms. The molecule has 0 bridgehead atoms. The van der Waals surface area contributed by atoms with Crippen LogP contribution < -0.4 is 23.8 Å². The van der Waals surface area contributed by atoms with E-state index in [0.717, 1.165) is 41.0 Å². The van der Waals surface area contributed by atoms with Crippen LogP contribution in [0.3, 0.4) is 0 Å². The molecule has 0 radical (unpaired) electrons. The SMILES string of the molecule is CCCC(CCOCc1ccccc1)Oc1nc(N(Cc2ccc(OC)cc2)Cc2ccc(OC)cc2)c2ncc(C(O)c3ccc(OCCN(C)C(=O)OC(C)(C)C)c(Cl)c3)n2n1. The maximum absolute atomic E-state index is 12.4. The smallest absolute Gasteiger partial charge is 0.410 e. The molecule has 0 saturated carbocycles. The van der Waals surface area contributed by atoms with Crippen molar-refractivity contribution < 1.29 is 38.3 Å². The number of hydrogen-bond donors (Lipinski definition) is 1. The number of halogens is 1. The van der Waals surface area contributed by atoms with E-state index in [-0.39, 0.29) is 30.3 Å². The molecule has 2 atom stereocenters. The number of carbonyl (C=O) groups excluding carboxylic acids is 1. The minimum absolute atomic E-state index is 0.128. The standard InChI is InChI=1S/C49H59ClN6O8/c1-8-12-40(25-27-61-33-36-13-10-9-11-14-36)63-47-52-46(55(31-34-15-20-38(59-6)21-16-34)32-35-17-22-39(60-7)23-18-35)45-51-30-42(56(45)53-47)44(57)37-19-24-43(41(50)29-37)62-28-26-54(5)48(58)64-49(2,3)4/h9-11,13-24,29-30,40,44,57H,8,12,25-28,31-33H2,1-7H3. The Kier molecular flexibility index (Phi) is 16.7. The number of fused-ring (bicyclic) bond motifs is 1. The molecule has 6 aromatic rings. The van der Waals surface area contributed by atoms with Crippen LogP contribution in [0.15, 0.2) is 103 Å². The summed E-state index contributed by atoms with van der Waals surface area (Å²) in [5, 5.41) is 17.2. The Hall–Kier alpha value is -6.09. The predicted octanol–water partition coefficient (Wildman–Crippen LogP) is 9.48. The molecule has 2 unspecified atom stereocenters. The first-order valence-electron chi connectivity index (χ1n) is 21.4. The van der Waals surface area contributed by atoms with Crippen molar-refractivity contribution in [2.75, 3.05) is 45.9 Å². The Morgan fingerprint density at radius 1 is 0.859 bits per heavy atom. The van der Waals surface area contributed by atoms with Crippen molar-refractivity contribution in [2.45, 2.75) is 84.5 Å². The molecule has 0 fully saturated rings. The molecular formula is C49H59ClN6O8. The molecule has 64 heavy (non-hydrogen) atoms. The van der Waals surface area contributed by atoms with Crippen molar-refractivity contribution in [1.29, 1.82) is 0 Å². The molecule has 0 saturated heterocycles. The summed E-state index contributed by atoms with van der Waals surface area (Å²) in [6, 6.07) is 31.0. The average molecular weight is 895 g/mol. The van der Waals surface area contributed by atoms with E-state index in [1.165, 1.54) is 4.90 Å². The number of benzene rings is 4. The van der Waals surface area contributed by atoms with Gasteiger partial charge in [0, 0.05) is 26.6 Å². The van der Waals surface area contributed by atoms with E-state index in [0.29, 0.717) is 61.2 Å². The van der Waals surface area contributed by atoms with Gasteiger partial charge in [-0.25, -0.2) is 14.3 Å². The zero-order valence-corrected chi connectivity index (χ0v) is 38.5. The molecule has 0 aliphatic rings. The Balaban J connectivity index is 1.32. The van der Waals surface area contributed by atoms with Crippen molar-refractivity contribution in [2.24, 2.45) is 0 Å². The number of aromatic nitrogens is 4. The number of likely N-dealkylation sites (N-methyl/N-ethyl adjacent to an activating group) is 1. The Bertz CT molecular complexity index is 2340. The Labute approximate surface area is 380 Å². The molecule has 2 aromatic heterocycles. The van der Waals surface area contributed by atoms with Gasteiger partial charge in [-0.2, -0.15) is 4.98 Å². The highest BCUT2D eigenvalue weighted by molar-refractivity contribution is 6.32. The van der Waals surface area contributed by atoms with Gasteiger partial charge in [0.25, 0.3) is 0 Å². The Morgan fingerprint density at radius 2 is 1.52 bits per heavy atom. The van der Waals surface area contributed by atoms with Crippen molar-refractivity contribution in [1.82, 2.24) is 24.5 Å². The number of methoxy groups -OCH3 is 2. The van der Waals surface area contributed by atoms with Crippen LogP contribution in [-0.4, -0.2) is 88.4 Å². The molecule has 1 N–H and O–H groups in total. The van der Waals surface area contributed by atoms with Crippen LogP contribution >= 0.6 is 11.6 Å². The number of hydrogen-bond acceptors (Lipinski definition) is 12. The van der Waals surface area contributed by atoms with Crippen LogP contribution in [0.5, 0.6) is 23.3 Å². The first-order valence-corrected chi connectivity index (χ1v) is 21.8.